The predicted molar refractivity (Wildman–Crippen MR) is 47.0 cm³/mol. The van der Waals surface area contributed by atoms with Crippen LogP contribution in [0.15, 0.2) is 0 Å². The highest BCUT2D eigenvalue weighted by molar-refractivity contribution is 7.87. The fourth-order valence-corrected chi connectivity index (χ4v) is 1.39. The Morgan fingerprint density at radius 1 is 0.727 bits per heavy atom. The quantitative estimate of drug-likeness (QED) is 0.564. The van der Waals surface area contributed by atoms with Crippen molar-refractivity contribution in [3.05, 3.63) is 0 Å². The Morgan fingerprint density at radius 3 is 1.27 bits per heavy atom. The van der Waals surface area contributed by atoms with Gasteiger partial charge in [-0.1, -0.05) is 0 Å². The minimum Gasteiger partial charge on any atom is -0.344 e. The Hall–Kier alpha value is -0.900. The summed E-state index contributed by atoms with van der Waals surface area (Å²) in [6.07, 6.45) is -10.1. The molecule has 0 saturated heterocycles. The third-order valence-electron chi connectivity index (χ3n) is 1.97. The molecule has 0 bridgehead atoms. The molecule has 0 spiro atoms. The van der Waals surface area contributed by atoms with E-state index in [1.54, 1.807) is 0 Å². The smallest absolute Gasteiger partial charge is 0.344 e. The molecule has 0 atom stereocenters. The third-order valence-corrected chi connectivity index (χ3v) is 2.87. The maximum Gasteiger partial charge on any atom is 0.438 e. The summed E-state index contributed by atoms with van der Waals surface area (Å²) in [6, 6.07) is 0. The van der Waals surface area contributed by atoms with E-state index in [1.807, 2.05) is 0 Å². The number of rotatable bonds is 5. The maximum absolute atomic E-state index is 12.7. The van der Waals surface area contributed by atoms with Gasteiger partial charge in [-0.15, -0.1) is 0 Å². The van der Waals surface area contributed by atoms with Crippen LogP contribution in [0.5, 0.6) is 0 Å². The largest absolute Gasteiger partial charge is 0.438 e. The van der Waals surface area contributed by atoms with Gasteiger partial charge in [0.2, 0.25) is 0 Å². The van der Waals surface area contributed by atoms with E-state index in [1.165, 1.54) is 0 Å². The van der Waals surface area contributed by atoms with Crippen molar-refractivity contribution in [2.75, 3.05) is 0 Å². The molecule has 0 aliphatic heterocycles. The minimum absolute atomic E-state index is 0. The van der Waals surface area contributed by atoms with E-state index >= 15 is 0 Å². The summed E-state index contributed by atoms with van der Waals surface area (Å²) in [7, 11) is -7.33. The van der Waals surface area contributed by atoms with E-state index in [-0.39, 0.29) is 6.15 Å². The van der Waals surface area contributed by atoms with Crippen molar-refractivity contribution in [3.63, 3.8) is 0 Å². The molecule has 4 N–H and O–H groups in total. The predicted octanol–water partition coefficient (Wildman–Crippen LogP) is 3.49. The number of alkyl halides is 11. The Morgan fingerprint density at radius 2 is 1.05 bits per heavy atom. The van der Waals surface area contributed by atoms with Gasteiger partial charge in [0.25, 0.3) is 0 Å². The average Bonchev–Trinajstić information content (AvgIpc) is 2.10. The molecule has 0 heterocycles. The number of hydrogen-bond donors (Lipinski definition) is 2. The van der Waals surface area contributed by atoms with Crippen molar-refractivity contribution in [2.24, 2.45) is 0 Å². The number of hydrogen-bond acceptors (Lipinski definition) is 3. The van der Waals surface area contributed by atoms with Gasteiger partial charge in [-0.3, -0.25) is 4.55 Å². The molecule has 22 heavy (non-hydrogen) atoms. The van der Waals surface area contributed by atoms with Crippen LogP contribution in [0.4, 0.5) is 48.3 Å². The van der Waals surface area contributed by atoms with E-state index in [2.05, 4.69) is 0 Å². The lowest BCUT2D eigenvalue weighted by molar-refractivity contribution is -0.362. The molecule has 0 aliphatic rings. The van der Waals surface area contributed by atoms with Crippen LogP contribution in [-0.4, -0.2) is 42.2 Å². The molecule has 136 valence electrons. The van der Waals surface area contributed by atoms with Crippen molar-refractivity contribution in [3.8, 4) is 0 Å². The van der Waals surface area contributed by atoms with Gasteiger partial charge in [0.15, 0.2) is 0 Å². The van der Waals surface area contributed by atoms with Crippen LogP contribution in [0, 0.1) is 0 Å². The molecule has 16 heteroatoms. The highest BCUT2D eigenvalue weighted by Crippen LogP contribution is 2.56. The van der Waals surface area contributed by atoms with E-state index in [0.717, 1.165) is 0 Å². The van der Waals surface area contributed by atoms with Gasteiger partial charge in [0, 0.05) is 0 Å². The Kier molecular flexibility index (Phi) is 5.98. The fraction of sp³-hybridized carbons (Fsp3) is 1.00. The van der Waals surface area contributed by atoms with Gasteiger partial charge in [-0.05, 0) is 0 Å². The van der Waals surface area contributed by atoms with Crippen LogP contribution in [0.2, 0.25) is 0 Å². The summed E-state index contributed by atoms with van der Waals surface area (Å²) in [5.74, 6) is -21.7. The molecule has 4 nitrogen and oxygen atoms in total. The van der Waals surface area contributed by atoms with Gasteiger partial charge < -0.3 is 6.15 Å². The van der Waals surface area contributed by atoms with Gasteiger partial charge in [0.1, 0.15) is 6.42 Å². The zero-order chi connectivity index (χ0) is 17.7. The molecule has 0 radical (unpaired) electrons. The van der Waals surface area contributed by atoms with Crippen molar-refractivity contribution >= 4 is 10.1 Å². The number of halogens is 11. The highest BCUT2D eigenvalue weighted by atomic mass is 32.2. The van der Waals surface area contributed by atoms with Crippen LogP contribution in [0.3, 0.4) is 0 Å². The van der Waals surface area contributed by atoms with Crippen LogP contribution in [-0.2, 0) is 10.1 Å². The SMILES string of the molecule is N.O=S(=O)(O)C(F)(F)C(F)(F)C(F)(F)C(F)(F)CC(F)(F)F. The zero-order valence-electron chi connectivity index (χ0n) is 9.74. The molecule has 0 aromatic heterocycles. The monoisotopic (exact) mass is 381 g/mol. The molecule has 0 unspecified atom stereocenters. The van der Waals surface area contributed by atoms with Gasteiger partial charge >= 0.3 is 39.3 Å². The zero-order valence-corrected chi connectivity index (χ0v) is 10.6. The molecule has 0 rings (SSSR count). The second-order valence-electron chi connectivity index (χ2n) is 3.64. The average molecular weight is 381 g/mol. The van der Waals surface area contributed by atoms with E-state index in [4.69, 9.17) is 4.55 Å². The molecular weight excluding hydrogens is 375 g/mol. The third kappa shape index (κ3) is 3.70. The molecule has 0 aromatic carbocycles. The van der Waals surface area contributed by atoms with Crippen molar-refractivity contribution < 1.29 is 61.3 Å². The molecule has 0 aromatic rings. The first-order chi connectivity index (χ1) is 8.71. The first-order valence-electron chi connectivity index (χ1n) is 4.26. The first kappa shape index (κ1) is 23.4. The first-order valence-corrected chi connectivity index (χ1v) is 5.70. The topological polar surface area (TPSA) is 89.4 Å². The van der Waals surface area contributed by atoms with Gasteiger partial charge in [-0.25, -0.2) is 0 Å². The molecule has 0 saturated carbocycles. The van der Waals surface area contributed by atoms with Crippen LogP contribution in [0.25, 0.3) is 0 Å². The standard InChI is InChI=1S/C6H3F11O3S.H3N/c7-2(8,1-3(9,10)11)4(12,13)5(14,15)6(16,17)21(18,19)20;/h1H2,(H,18,19,20);1H3. The van der Waals surface area contributed by atoms with Gasteiger partial charge in [0.05, 0.1) is 0 Å². The molecular formula is C6H6F11NO3S. The van der Waals surface area contributed by atoms with Gasteiger partial charge in [-0.2, -0.15) is 56.7 Å². The van der Waals surface area contributed by atoms with Crippen LogP contribution >= 0.6 is 0 Å². The van der Waals surface area contributed by atoms with Crippen LogP contribution < -0.4 is 6.15 Å². The normalized spacial score (nSPS) is 15.5. The Balaban J connectivity index is 0. The summed E-state index contributed by atoms with van der Waals surface area (Å²) >= 11 is 0. The minimum atomic E-state index is -7.53. The lowest BCUT2D eigenvalue weighted by atomic mass is 10.0. The van der Waals surface area contributed by atoms with E-state index in [9.17, 15) is 56.7 Å². The summed E-state index contributed by atoms with van der Waals surface area (Å²) in [5, 5.41) is -7.15. The summed E-state index contributed by atoms with van der Waals surface area (Å²) in [5.41, 5.74) is 0. The lowest BCUT2D eigenvalue weighted by Crippen LogP contribution is -2.64. The van der Waals surface area contributed by atoms with Crippen LogP contribution in [0.1, 0.15) is 6.42 Å². The molecule has 0 fully saturated rings. The summed E-state index contributed by atoms with van der Waals surface area (Å²) in [4.78, 5) is 0. The Bertz CT molecular complexity index is 496. The second-order valence-corrected chi connectivity index (χ2v) is 5.10. The second kappa shape index (κ2) is 5.63. The lowest BCUT2D eigenvalue weighted by Gasteiger charge is -2.35. The molecule has 0 amide bonds. The van der Waals surface area contributed by atoms with E-state index in [0.29, 0.717) is 0 Å². The summed E-state index contributed by atoms with van der Waals surface area (Å²) in [6.45, 7) is 0. The summed E-state index contributed by atoms with van der Waals surface area (Å²) < 4.78 is 163. The molecule has 0 aliphatic carbocycles. The maximum atomic E-state index is 12.7. The Labute approximate surface area is 114 Å². The van der Waals surface area contributed by atoms with Crippen molar-refractivity contribution in [2.45, 2.75) is 35.6 Å². The fourth-order valence-electron chi connectivity index (χ4n) is 0.937. The van der Waals surface area contributed by atoms with E-state index < -0.39 is 45.7 Å². The van der Waals surface area contributed by atoms with Crippen molar-refractivity contribution in [1.29, 1.82) is 0 Å². The highest BCUT2D eigenvalue weighted by Gasteiger charge is 2.85. The van der Waals surface area contributed by atoms with Crippen molar-refractivity contribution in [1.82, 2.24) is 6.15 Å².